The summed E-state index contributed by atoms with van der Waals surface area (Å²) in [5, 5.41) is 0. The van der Waals surface area contributed by atoms with E-state index in [1.807, 2.05) is 17.0 Å². The van der Waals surface area contributed by atoms with Crippen LogP contribution in [0.5, 0.6) is 5.75 Å². The second kappa shape index (κ2) is 9.58. The zero-order valence-electron chi connectivity index (χ0n) is 17.9. The third kappa shape index (κ3) is 4.99. The molecular weight excluding hydrogens is 376 g/mol. The summed E-state index contributed by atoms with van der Waals surface area (Å²) in [5.41, 5.74) is 8.89. The van der Waals surface area contributed by atoms with Crippen LogP contribution < -0.4 is 15.6 Å². The normalized spacial score (nSPS) is 23.8. The van der Waals surface area contributed by atoms with Gasteiger partial charge in [-0.2, -0.15) is 0 Å². The zero-order chi connectivity index (χ0) is 20.9. The predicted octanol–water partition coefficient (Wildman–Crippen LogP) is 3.37. The number of amides is 1. The third-order valence-electron chi connectivity index (χ3n) is 6.28. The van der Waals surface area contributed by atoms with Crippen molar-refractivity contribution in [3.63, 3.8) is 0 Å². The van der Waals surface area contributed by atoms with E-state index in [1.165, 1.54) is 5.56 Å². The molecule has 2 aliphatic heterocycles. The van der Waals surface area contributed by atoms with Crippen molar-refractivity contribution in [1.29, 1.82) is 0 Å². The minimum atomic E-state index is 0.0880. The van der Waals surface area contributed by atoms with Crippen LogP contribution in [0.2, 0.25) is 0 Å². The zero-order valence-corrected chi connectivity index (χ0v) is 17.9. The Morgan fingerprint density at radius 3 is 2.80 bits per heavy atom. The van der Waals surface area contributed by atoms with E-state index in [1.54, 1.807) is 12.4 Å². The van der Waals surface area contributed by atoms with Crippen LogP contribution in [-0.2, 0) is 0 Å². The van der Waals surface area contributed by atoms with E-state index in [-0.39, 0.29) is 5.91 Å². The molecule has 0 spiro atoms. The van der Waals surface area contributed by atoms with E-state index >= 15 is 0 Å². The first kappa shape index (κ1) is 20.8. The molecule has 30 heavy (non-hydrogen) atoms. The van der Waals surface area contributed by atoms with Gasteiger partial charge in [-0.25, -0.2) is 0 Å². The Balaban J connectivity index is 1.20. The topological polar surface area (TPSA) is 66.5 Å². The highest BCUT2D eigenvalue weighted by Gasteiger charge is 2.36. The number of hydrogen-bond donors (Lipinski definition) is 2. The number of pyridine rings is 1. The van der Waals surface area contributed by atoms with Crippen molar-refractivity contribution < 1.29 is 9.53 Å². The Labute approximate surface area is 179 Å². The van der Waals surface area contributed by atoms with Crippen LogP contribution in [0, 0.1) is 5.92 Å². The largest absolute Gasteiger partial charge is 0.494 e. The Hall–Kier alpha value is -2.44. The van der Waals surface area contributed by atoms with Gasteiger partial charge in [0.1, 0.15) is 5.75 Å². The van der Waals surface area contributed by atoms with Crippen molar-refractivity contribution in [3.05, 3.63) is 59.9 Å². The second-order valence-corrected chi connectivity index (χ2v) is 8.73. The van der Waals surface area contributed by atoms with E-state index in [2.05, 4.69) is 53.9 Å². The molecule has 2 fully saturated rings. The fourth-order valence-corrected chi connectivity index (χ4v) is 4.39. The lowest BCUT2D eigenvalue weighted by atomic mass is 9.94. The number of carbonyl (C=O) groups excluding carboxylic acids is 1. The Kier molecular flexibility index (Phi) is 6.65. The third-order valence-corrected chi connectivity index (χ3v) is 6.28. The van der Waals surface area contributed by atoms with Gasteiger partial charge in [-0.05, 0) is 60.9 Å². The van der Waals surface area contributed by atoms with Crippen LogP contribution >= 0.6 is 0 Å². The monoisotopic (exact) mass is 408 g/mol. The van der Waals surface area contributed by atoms with Gasteiger partial charge in [-0.3, -0.25) is 20.6 Å². The number of hydrogen-bond acceptors (Lipinski definition) is 5. The summed E-state index contributed by atoms with van der Waals surface area (Å²) in [6.07, 6.45) is 6.41. The Bertz CT molecular complexity index is 825. The Morgan fingerprint density at radius 2 is 2.07 bits per heavy atom. The van der Waals surface area contributed by atoms with Crippen LogP contribution in [0.15, 0.2) is 48.8 Å². The molecule has 3 unspecified atom stereocenters. The highest BCUT2D eigenvalue weighted by Crippen LogP contribution is 2.26. The van der Waals surface area contributed by atoms with Crippen molar-refractivity contribution in [1.82, 2.24) is 20.7 Å². The van der Waals surface area contributed by atoms with Crippen LogP contribution in [0.1, 0.15) is 54.9 Å². The van der Waals surface area contributed by atoms with Gasteiger partial charge in [0.2, 0.25) is 0 Å². The molecule has 0 aliphatic carbocycles. The number of benzene rings is 1. The minimum Gasteiger partial charge on any atom is -0.494 e. The predicted molar refractivity (Wildman–Crippen MR) is 117 cm³/mol. The maximum atomic E-state index is 12.6. The lowest BCUT2D eigenvalue weighted by molar-refractivity contribution is 0.0784. The molecular formula is C24H32N4O2. The van der Waals surface area contributed by atoms with Crippen molar-refractivity contribution >= 4 is 5.91 Å². The maximum Gasteiger partial charge on any atom is 0.255 e. The number of hydrazine groups is 1. The van der Waals surface area contributed by atoms with Crippen molar-refractivity contribution in [2.24, 2.45) is 5.92 Å². The summed E-state index contributed by atoms with van der Waals surface area (Å²) in [4.78, 5) is 18.7. The first-order chi connectivity index (χ1) is 14.6. The number of ether oxygens (including phenoxy) is 1. The highest BCUT2D eigenvalue weighted by molar-refractivity contribution is 5.94. The highest BCUT2D eigenvalue weighted by atomic mass is 16.5. The van der Waals surface area contributed by atoms with Gasteiger partial charge in [0.25, 0.3) is 5.91 Å². The minimum absolute atomic E-state index is 0.0880. The quantitative estimate of drug-likeness (QED) is 0.735. The van der Waals surface area contributed by atoms with E-state index in [9.17, 15) is 4.79 Å². The first-order valence-corrected chi connectivity index (χ1v) is 11.0. The molecule has 2 N–H and O–H groups in total. The fourth-order valence-electron chi connectivity index (χ4n) is 4.39. The van der Waals surface area contributed by atoms with Gasteiger partial charge in [-0.1, -0.05) is 26.0 Å². The Morgan fingerprint density at radius 1 is 1.23 bits per heavy atom. The van der Waals surface area contributed by atoms with Crippen molar-refractivity contribution in [3.8, 4) is 5.75 Å². The summed E-state index contributed by atoms with van der Waals surface area (Å²) in [6, 6.07) is 12.9. The molecule has 160 valence electrons. The fraction of sp³-hybridized carbons (Fsp3) is 0.500. The molecule has 3 heterocycles. The van der Waals surface area contributed by atoms with Gasteiger partial charge < -0.3 is 9.64 Å². The molecule has 1 aromatic carbocycles. The van der Waals surface area contributed by atoms with Gasteiger partial charge >= 0.3 is 0 Å². The number of rotatable bonds is 7. The number of likely N-dealkylation sites (tertiary alicyclic amines) is 1. The number of carbonyl (C=O) groups is 1. The first-order valence-electron chi connectivity index (χ1n) is 11.0. The molecule has 1 amide bonds. The lowest BCUT2D eigenvalue weighted by Crippen LogP contribution is -2.39. The van der Waals surface area contributed by atoms with E-state index in [0.29, 0.717) is 36.1 Å². The standard InChI is InChI=1S/C24H32N4O2/c1-17(2)18-5-7-22(8-6-18)30-13-10-21-14-23(27-26-21)20-9-12-28(16-20)24(29)19-4-3-11-25-15-19/h3-8,11,15,17,20-21,23,26-27H,9-10,12-14,16H2,1-2H3. The van der Waals surface area contributed by atoms with Gasteiger partial charge in [0.05, 0.1) is 12.2 Å². The summed E-state index contributed by atoms with van der Waals surface area (Å²) >= 11 is 0. The van der Waals surface area contributed by atoms with Crippen LogP contribution in [0.25, 0.3) is 0 Å². The summed E-state index contributed by atoms with van der Waals surface area (Å²) in [6.45, 7) is 6.71. The maximum absolute atomic E-state index is 12.6. The summed E-state index contributed by atoms with van der Waals surface area (Å²) < 4.78 is 5.93. The summed E-state index contributed by atoms with van der Waals surface area (Å²) in [7, 11) is 0. The van der Waals surface area contributed by atoms with Crippen LogP contribution in [0.3, 0.4) is 0 Å². The molecule has 0 radical (unpaired) electrons. The van der Waals surface area contributed by atoms with Crippen LogP contribution in [-0.4, -0.2) is 47.6 Å². The SMILES string of the molecule is CC(C)c1ccc(OCCC2CC(C3CCN(C(=O)c4cccnc4)C3)NN2)cc1. The summed E-state index contributed by atoms with van der Waals surface area (Å²) in [5.74, 6) is 2.04. The lowest BCUT2D eigenvalue weighted by Gasteiger charge is -2.20. The number of nitrogens with zero attached hydrogens (tertiary/aromatic N) is 2. The van der Waals surface area contributed by atoms with Gasteiger partial charge in [-0.15, -0.1) is 0 Å². The molecule has 2 aromatic rings. The van der Waals surface area contributed by atoms with E-state index in [4.69, 9.17) is 4.74 Å². The van der Waals surface area contributed by atoms with E-state index < -0.39 is 0 Å². The molecule has 0 saturated carbocycles. The molecule has 0 bridgehead atoms. The molecule has 3 atom stereocenters. The van der Waals surface area contributed by atoms with Crippen LogP contribution in [0.4, 0.5) is 0 Å². The van der Waals surface area contributed by atoms with Gasteiger partial charge in [0, 0.05) is 37.6 Å². The molecule has 4 rings (SSSR count). The van der Waals surface area contributed by atoms with Crippen molar-refractivity contribution in [2.45, 2.75) is 51.1 Å². The molecule has 6 nitrogen and oxygen atoms in total. The van der Waals surface area contributed by atoms with Crippen molar-refractivity contribution in [2.75, 3.05) is 19.7 Å². The average Bonchev–Trinajstić information content (AvgIpc) is 3.44. The van der Waals surface area contributed by atoms with E-state index in [0.717, 1.165) is 38.1 Å². The average molecular weight is 409 g/mol. The smallest absolute Gasteiger partial charge is 0.255 e. The molecule has 1 aromatic heterocycles. The van der Waals surface area contributed by atoms with Gasteiger partial charge in [0.15, 0.2) is 0 Å². The molecule has 2 aliphatic rings. The number of aromatic nitrogens is 1. The molecule has 6 heteroatoms. The molecule has 2 saturated heterocycles. The number of nitrogens with one attached hydrogen (secondary N) is 2. The second-order valence-electron chi connectivity index (χ2n) is 8.73.